The second-order valence-corrected chi connectivity index (χ2v) is 3.02. The first-order valence-electron chi connectivity index (χ1n) is 4.69. The van der Waals surface area contributed by atoms with E-state index in [-0.39, 0.29) is 12.3 Å². The predicted octanol–water partition coefficient (Wildman–Crippen LogP) is 1.21. The van der Waals surface area contributed by atoms with Crippen LogP contribution in [0.2, 0.25) is 0 Å². The van der Waals surface area contributed by atoms with Crippen molar-refractivity contribution < 1.29 is 19.5 Å². The smallest absolute Gasteiger partial charge is 0.358 e. The van der Waals surface area contributed by atoms with E-state index in [1.165, 1.54) is 7.11 Å². The Bertz CT molecular complexity index is 362. The number of oxime groups is 1. The minimum Gasteiger partial charge on any atom is -0.464 e. The summed E-state index contributed by atoms with van der Waals surface area (Å²) in [5, 5.41) is 11.3. The maximum atomic E-state index is 11.0. The molecular formula is C11H13NO4. The number of rotatable bonds is 5. The van der Waals surface area contributed by atoms with Gasteiger partial charge in [-0.05, 0) is 5.56 Å². The number of ether oxygens (including phenoxy) is 2. The molecule has 0 bridgehead atoms. The van der Waals surface area contributed by atoms with Gasteiger partial charge in [0.1, 0.15) is 6.61 Å². The van der Waals surface area contributed by atoms with E-state index < -0.39 is 5.97 Å². The van der Waals surface area contributed by atoms with E-state index in [1.54, 1.807) is 0 Å². The molecule has 5 heteroatoms. The van der Waals surface area contributed by atoms with Gasteiger partial charge in [0.15, 0.2) is 5.71 Å². The third-order valence-electron chi connectivity index (χ3n) is 1.89. The molecule has 16 heavy (non-hydrogen) atoms. The highest BCUT2D eigenvalue weighted by Crippen LogP contribution is 2.00. The molecule has 0 aromatic heterocycles. The van der Waals surface area contributed by atoms with Gasteiger partial charge in [-0.15, -0.1) is 0 Å². The first-order chi connectivity index (χ1) is 7.77. The van der Waals surface area contributed by atoms with Gasteiger partial charge >= 0.3 is 5.97 Å². The third kappa shape index (κ3) is 3.70. The number of benzene rings is 1. The van der Waals surface area contributed by atoms with E-state index in [0.29, 0.717) is 6.61 Å². The first kappa shape index (κ1) is 12.2. The van der Waals surface area contributed by atoms with E-state index in [2.05, 4.69) is 9.89 Å². The average Bonchev–Trinajstić information content (AvgIpc) is 2.35. The Labute approximate surface area is 93.3 Å². The average molecular weight is 223 g/mol. The zero-order chi connectivity index (χ0) is 11.8. The summed E-state index contributed by atoms with van der Waals surface area (Å²) in [5.74, 6) is -0.699. The van der Waals surface area contributed by atoms with Gasteiger partial charge in [-0.1, -0.05) is 35.5 Å². The second kappa shape index (κ2) is 6.58. The van der Waals surface area contributed by atoms with E-state index in [1.807, 2.05) is 30.3 Å². The van der Waals surface area contributed by atoms with Crippen LogP contribution in [0.1, 0.15) is 5.56 Å². The summed E-state index contributed by atoms with van der Waals surface area (Å²) < 4.78 is 9.60. The standard InChI is InChI=1S/C11H13NO4/c1-15-11(13)10(12-14)8-16-7-9-5-3-2-4-6-9/h2-6,14H,7-8H2,1H3/b12-10-. The summed E-state index contributed by atoms with van der Waals surface area (Å²) in [6.07, 6.45) is 0. The van der Waals surface area contributed by atoms with Crippen molar-refractivity contribution in [1.29, 1.82) is 0 Å². The van der Waals surface area contributed by atoms with Crippen molar-refractivity contribution in [3.05, 3.63) is 35.9 Å². The molecule has 0 saturated heterocycles. The molecule has 1 aromatic carbocycles. The highest BCUT2D eigenvalue weighted by atomic mass is 16.5. The van der Waals surface area contributed by atoms with Crippen molar-refractivity contribution in [3.63, 3.8) is 0 Å². The number of carbonyl (C=O) groups is 1. The normalized spacial score (nSPS) is 11.2. The lowest BCUT2D eigenvalue weighted by molar-refractivity contribution is -0.133. The Morgan fingerprint density at radius 2 is 2.06 bits per heavy atom. The highest BCUT2D eigenvalue weighted by molar-refractivity contribution is 6.36. The minimum atomic E-state index is -0.699. The van der Waals surface area contributed by atoms with Crippen molar-refractivity contribution in [3.8, 4) is 0 Å². The number of hydrogen-bond acceptors (Lipinski definition) is 5. The van der Waals surface area contributed by atoms with E-state index in [4.69, 9.17) is 9.94 Å². The molecule has 0 aliphatic heterocycles. The number of carbonyl (C=O) groups excluding carboxylic acids is 1. The molecule has 0 saturated carbocycles. The molecule has 1 rings (SSSR count). The summed E-state index contributed by atoms with van der Waals surface area (Å²) in [6.45, 7) is 0.259. The van der Waals surface area contributed by atoms with Gasteiger partial charge in [-0.3, -0.25) is 0 Å². The van der Waals surface area contributed by atoms with Crippen LogP contribution >= 0.6 is 0 Å². The van der Waals surface area contributed by atoms with Crippen LogP contribution in [0.4, 0.5) is 0 Å². The Morgan fingerprint density at radius 1 is 1.38 bits per heavy atom. The van der Waals surface area contributed by atoms with Crippen LogP contribution in [-0.2, 0) is 20.9 Å². The van der Waals surface area contributed by atoms with Gasteiger partial charge in [-0.25, -0.2) is 4.79 Å². The molecule has 86 valence electrons. The van der Waals surface area contributed by atoms with Gasteiger partial charge in [0.05, 0.1) is 13.7 Å². The lowest BCUT2D eigenvalue weighted by Gasteiger charge is -2.04. The fourth-order valence-corrected chi connectivity index (χ4v) is 1.09. The number of nitrogens with zero attached hydrogens (tertiary/aromatic N) is 1. The van der Waals surface area contributed by atoms with Crippen molar-refractivity contribution in [2.75, 3.05) is 13.7 Å². The molecule has 0 heterocycles. The Morgan fingerprint density at radius 3 is 2.62 bits per heavy atom. The SMILES string of the molecule is COC(=O)/C(COCc1ccccc1)=N\O. The molecule has 0 spiro atoms. The van der Waals surface area contributed by atoms with Gasteiger partial charge in [0.25, 0.3) is 0 Å². The van der Waals surface area contributed by atoms with Crippen LogP contribution in [0.25, 0.3) is 0 Å². The van der Waals surface area contributed by atoms with E-state index in [0.717, 1.165) is 5.56 Å². The monoisotopic (exact) mass is 223 g/mol. The van der Waals surface area contributed by atoms with E-state index in [9.17, 15) is 4.79 Å². The molecule has 0 radical (unpaired) electrons. The molecule has 0 aliphatic carbocycles. The quantitative estimate of drug-likeness (QED) is 0.352. The molecule has 0 amide bonds. The summed E-state index contributed by atoms with van der Waals surface area (Å²) in [6, 6.07) is 9.47. The van der Waals surface area contributed by atoms with Crippen LogP contribution in [0, 0.1) is 0 Å². The van der Waals surface area contributed by atoms with E-state index >= 15 is 0 Å². The highest BCUT2D eigenvalue weighted by Gasteiger charge is 2.12. The maximum Gasteiger partial charge on any atom is 0.358 e. The van der Waals surface area contributed by atoms with Gasteiger partial charge in [0.2, 0.25) is 0 Å². The van der Waals surface area contributed by atoms with Crippen LogP contribution in [0.3, 0.4) is 0 Å². The molecule has 5 nitrogen and oxygen atoms in total. The van der Waals surface area contributed by atoms with Crippen LogP contribution < -0.4 is 0 Å². The zero-order valence-electron chi connectivity index (χ0n) is 8.92. The molecular weight excluding hydrogens is 210 g/mol. The third-order valence-corrected chi connectivity index (χ3v) is 1.89. The summed E-state index contributed by atoms with van der Waals surface area (Å²) in [5.41, 5.74) is 0.822. The van der Waals surface area contributed by atoms with Gasteiger partial charge < -0.3 is 14.7 Å². The fourth-order valence-electron chi connectivity index (χ4n) is 1.09. The van der Waals surface area contributed by atoms with Gasteiger partial charge in [0, 0.05) is 0 Å². The molecule has 0 fully saturated rings. The van der Waals surface area contributed by atoms with Crippen LogP contribution in [0.15, 0.2) is 35.5 Å². The maximum absolute atomic E-state index is 11.0. The number of esters is 1. The Hall–Kier alpha value is -1.88. The van der Waals surface area contributed by atoms with Crippen LogP contribution in [0.5, 0.6) is 0 Å². The molecule has 0 atom stereocenters. The Balaban J connectivity index is 2.38. The topological polar surface area (TPSA) is 68.1 Å². The summed E-state index contributed by atoms with van der Waals surface area (Å²) in [4.78, 5) is 11.0. The summed E-state index contributed by atoms with van der Waals surface area (Å²) >= 11 is 0. The molecule has 0 unspecified atom stereocenters. The van der Waals surface area contributed by atoms with Crippen molar-refractivity contribution in [2.45, 2.75) is 6.61 Å². The number of methoxy groups -OCH3 is 1. The lowest BCUT2D eigenvalue weighted by Crippen LogP contribution is -2.21. The summed E-state index contributed by atoms with van der Waals surface area (Å²) in [7, 11) is 1.21. The van der Waals surface area contributed by atoms with Crippen LogP contribution in [-0.4, -0.2) is 30.6 Å². The van der Waals surface area contributed by atoms with Crippen molar-refractivity contribution in [1.82, 2.24) is 0 Å². The van der Waals surface area contributed by atoms with Gasteiger partial charge in [-0.2, -0.15) is 0 Å². The molecule has 1 N–H and O–H groups in total. The Kier molecular flexibility index (Phi) is 5.01. The van der Waals surface area contributed by atoms with Crippen molar-refractivity contribution >= 4 is 11.7 Å². The first-order valence-corrected chi connectivity index (χ1v) is 4.69. The minimum absolute atomic E-state index is 0.0853. The number of hydrogen-bond donors (Lipinski definition) is 1. The second-order valence-electron chi connectivity index (χ2n) is 3.02. The largest absolute Gasteiger partial charge is 0.464 e. The van der Waals surface area contributed by atoms with Crippen molar-refractivity contribution in [2.24, 2.45) is 5.16 Å². The molecule has 0 aliphatic rings. The lowest BCUT2D eigenvalue weighted by atomic mass is 10.2. The molecule has 1 aromatic rings. The predicted molar refractivity (Wildman–Crippen MR) is 57.3 cm³/mol. The zero-order valence-corrected chi connectivity index (χ0v) is 8.92. The fraction of sp³-hybridized carbons (Fsp3) is 0.273.